The first-order valence-electron chi connectivity index (χ1n) is 5.15. The summed E-state index contributed by atoms with van der Waals surface area (Å²) in [5.41, 5.74) is 5.90. The van der Waals surface area contributed by atoms with Gasteiger partial charge in [0.2, 0.25) is 5.82 Å². The van der Waals surface area contributed by atoms with Crippen molar-refractivity contribution < 1.29 is 9.63 Å². The Balaban J connectivity index is 2.29. The molecule has 0 fully saturated rings. The number of aromatic nitrogens is 3. The topological polar surface area (TPSA) is 98.1 Å². The molecular weight excluding hydrogens is 368 g/mol. The Morgan fingerprint density at radius 2 is 2.22 bits per heavy atom. The Morgan fingerprint density at radius 3 is 2.89 bits per heavy atom. The van der Waals surface area contributed by atoms with Gasteiger partial charge in [-0.3, -0.25) is 4.98 Å². The molecule has 2 rings (SSSR count). The van der Waals surface area contributed by atoms with Crippen LogP contribution in [-0.4, -0.2) is 26.8 Å². The number of pyridine rings is 1. The zero-order valence-corrected chi connectivity index (χ0v) is 12.3. The molecule has 0 spiro atoms. The summed E-state index contributed by atoms with van der Waals surface area (Å²) in [6, 6.07) is 1.83. The van der Waals surface area contributed by atoms with Crippen LogP contribution >= 0.6 is 31.9 Å². The van der Waals surface area contributed by atoms with Crippen molar-refractivity contribution in [1.82, 2.24) is 15.1 Å². The van der Waals surface area contributed by atoms with Crippen molar-refractivity contribution in [2.75, 3.05) is 6.54 Å². The Hall–Kier alpha value is -0.830. The van der Waals surface area contributed by atoms with Crippen LogP contribution in [0.2, 0.25) is 0 Å². The highest BCUT2D eigenvalue weighted by Gasteiger charge is 2.18. The van der Waals surface area contributed by atoms with Crippen molar-refractivity contribution in [3.05, 3.63) is 27.1 Å². The van der Waals surface area contributed by atoms with E-state index in [0.29, 0.717) is 24.5 Å². The van der Waals surface area contributed by atoms with Crippen LogP contribution in [0.4, 0.5) is 0 Å². The van der Waals surface area contributed by atoms with Crippen LogP contribution in [0.1, 0.15) is 18.4 Å². The van der Waals surface area contributed by atoms with Crippen LogP contribution in [0.25, 0.3) is 11.5 Å². The molecule has 1 atom stereocenters. The molecular formula is C10H10Br2N4O2. The summed E-state index contributed by atoms with van der Waals surface area (Å²) in [6.07, 6.45) is 1.16. The number of halogens is 2. The molecule has 8 heteroatoms. The van der Waals surface area contributed by atoms with Crippen molar-refractivity contribution >= 4 is 31.9 Å². The van der Waals surface area contributed by atoms with Crippen LogP contribution in [-0.2, 0) is 0 Å². The second-order valence-corrected chi connectivity index (χ2v) is 5.30. The third kappa shape index (κ3) is 2.94. The van der Waals surface area contributed by atoms with E-state index in [4.69, 9.17) is 10.3 Å². The second kappa shape index (κ2) is 5.87. The van der Waals surface area contributed by atoms with Crippen molar-refractivity contribution in [2.45, 2.75) is 12.5 Å². The number of nitrogens with two attached hydrogens (primary N) is 1. The number of aliphatic hydroxyl groups excluding tert-OH is 1. The van der Waals surface area contributed by atoms with E-state index in [0.717, 1.165) is 8.95 Å². The molecule has 0 amide bonds. The first kappa shape index (κ1) is 13.6. The Kier molecular flexibility index (Phi) is 4.44. The van der Waals surface area contributed by atoms with E-state index in [9.17, 15) is 5.11 Å². The Morgan fingerprint density at radius 1 is 1.44 bits per heavy atom. The molecule has 0 aliphatic heterocycles. The van der Waals surface area contributed by atoms with Crippen LogP contribution in [0.3, 0.4) is 0 Å². The van der Waals surface area contributed by atoms with E-state index in [2.05, 4.69) is 47.0 Å². The summed E-state index contributed by atoms with van der Waals surface area (Å²) >= 11 is 6.67. The fourth-order valence-corrected chi connectivity index (χ4v) is 2.49. The van der Waals surface area contributed by atoms with Gasteiger partial charge in [-0.1, -0.05) is 5.16 Å². The van der Waals surface area contributed by atoms with E-state index in [1.54, 1.807) is 6.20 Å². The molecule has 1 unspecified atom stereocenters. The van der Waals surface area contributed by atoms with Gasteiger partial charge in [-0.05, 0) is 50.9 Å². The van der Waals surface area contributed by atoms with E-state index < -0.39 is 6.10 Å². The minimum Gasteiger partial charge on any atom is -0.383 e. The second-order valence-electron chi connectivity index (χ2n) is 3.53. The molecule has 3 N–H and O–H groups in total. The predicted molar refractivity (Wildman–Crippen MR) is 71.6 cm³/mol. The lowest BCUT2D eigenvalue weighted by molar-refractivity contribution is 0.127. The lowest BCUT2D eigenvalue weighted by Gasteiger charge is -2.01. The standard InChI is InChI=1S/C10H10Br2N4O2/c11-5-3-6(12)8(14-4-5)9-15-10(18-16-9)7(17)1-2-13/h3-4,7,17H,1-2,13H2. The number of hydrogen-bond donors (Lipinski definition) is 2. The van der Waals surface area contributed by atoms with Crippen LogP contribution in [0, 0.1) is 0 Å². The molecule has 0 aromatic carbocycles. The summed E-state index contributed by atoms with van der Waals surface area (Å²) in [6.45, 7) is 0.346. The van der Waals surface area contributed by atoms with Gasteiger partial charge >= 0.3 is 0 Å². The molecule has 0 aliphatic rings. The predicted octanol–water partition coefficient (Wildman–Crippen LogP) is 2.04. The molecule has 0 saturated heterocycles. The zero-order valence-electron chi connectivity index (χ0n) is 9.18. The molecule has 0 aliphatic carbocycles. The van der Waals surface area contributed by atoms with Gasteiger partial charge in [0.25, 0.3) is 5.89 Å². The minimum atomic E-state index is -0.842. The smallest absolute Gasteiger partial charge is 0.255 e. The third-order valence-electron chi connectivity index (χ3n) is 2.19. The normalized spacial score (nSPS) is 12.7. The zero-order chi connectivity index (χ0) is 13.1. The summed E-state index contributed by atoms with van der Waals surface area (Å²) < 4.78 is 6.55. The number of rotatable bonds is 4. The Labute approximate surface area is 120 Å². The van der Waals surface area contributed by atoms with Crippen molar-refractivity contribution in [2.24, 2.45) is 5.73 Å². The summed E-state index contributed by atoms with van der Waals surface area (Å²) in [5, 5.41) is 13.5. The van der Waals surface area contributed by atoms with E-state index in [1.165, 1.54) is 0 Å². The highest BCUT2D eigenvalue weighted by Crippen LogP contribution is 2.27. The fourth-order valence-electron chi connectivity index (χ4n) is 1.33. The molecule has 2 aromatic rings. The third-order valence-corrected chi connectivity index (χ3v) is 3.22. The van der Waals surface area contributed by atoms with Gasteiger partial charge in [-0.15, -0.1) is 0 Å². The SMILES string of the molecule is NCCC(O)c1nc(-c2ncc(Br)cc2Br)no1. The number of nitrogens with zero attached hydrogens (tertiary/aromatic N) is 3. The van der Waals surface area contributed by atoms with Gasteiger partial charge in [0.1, 0.15) is 11.8 Å². The van der Waals surface area contributed by atoms with Crippen molar-refractivity contribution in [3.63, 3.8) is 0 Å². The average molecular weight is 378 g/mol. The van der Waals surface area contributed by atoms with Gasteiger partial charge < -0.3 is 15.4 Å². The lowest BCUT2D eigenvalue weighted by Crippen LogP contribution is -2.06. The lowest BCUT2D eigenvalue weighted by atomic mass is 10.2. The molecule has 96 valence electrons. The molecule has 0 bridgehead atoms. The number of aliphatic hydroxyl groups is 1. The first-order valence-corrected chi connectivity index (χ1v) is 6.73. The van der Waals surface area contributed by atoms with Gasteiger partial charge in [0, 0.05) is 15.1 Å². The largest absolute Gasteiger partial charge is 0.383 e. The highest BCUT2D eigenvalue weighted by atomic mass is 79.9. The fraction of sp³-hybridized carbons (Fsp3) is 0.300. The summed E-state index contributed by atoms with van der Waals surface area (Å²) in [5.74, 6) is 0.465. The number of hydrogen-bond acceptors (Lipinski definition) is 6. The maximum Gasteiger partial charge on any atom is 0.255 e. The van der Waals surface area contributed by atoms with Crippen LogP contribution < -0.4 is 5.73 Å². The van der Waals surface area contributed by atoms with Gasteiger partial charge in [-0.2, -0.15) is 4.98 Å². The maximum atomic E-state index is 9.68. The highest BCUT2D eigenvalue weighted by molar-refractivity contribution is 9.11. The molecule has 0 saturated carbocycles. The van der Waals surface area contributed by atoms with E-state index in [-0.39, 0.29) is 5.89 Å². The molecule has 6 nitrogen and oxygen atoms in total. The molecule has 2 heterocycles. The monoisotopic (exact) mass is 376 g/mol. The molecule has 18 heavy (non-hydrogen) atoms. The summed E-state index contributed by atoms with van der Waals surface area (Å²) in [7, 11) is 0. The first-order chi connectivity index (χ1) is 8.61. The van der Waals surface area contributed by atoms with Crippen molar-refractivity contribution in [3.8, 4) is 11.5 Å². The Bertz CT molecular complexity index is 546. The van der Waals surface area contributed by atoms with Gasteiger partial charge in [-0.25, -0.2) is 0 Å². The van der Waals surface area contributed by atoms with Gasteiger partial charge in [0.15, 0.2) is 0 Å². The van der Waals surface area contributed by atoms with E-state index in [1.807, 2.05) is 6.07 Å². The summed E-state index contributed by atoms with van der Waals surface area (Å²) in [4.78, 5) is 8.28. The maximum absolute atomic E-state index is 9.68. The quantitative estimate of drug-likeness (QED) is 0.845. The average Bonchev–Trinajstić information content (AvgIpc) is 2.78. The van der Waals surface area contributed by atoms with Crippen LogP contribution in [0.5, 0.6) is 0 Å². The van der Waals surface area contributed by atoms with Crippen LogP contribution in [0.15, 0.2) is 25.7 Å². The minimum absolute atomic E-state index is 0.145. The molecule has 0 radical (unpaired) electrons. The molecule has 2 aromatic heterocycles. The van der Waals surface area contributed by atoms with E-state index >= 15 is 0 Å². The van der Waals surface area contributed by atoms with Gasteiger partial charge in [0.05, 0.1) is 0 Å². The van der Waals surface area contributed by atoms with Crippen molar-refractivity contribution in [1.29, 1.82) is 0 Å².